The van der Waals surface area contributed by atoms with E-state index in [1.807, 2.05) is 6.92 Å². The van der Waals surface area contributed by atoms with Crippen LogP contribution in [0.5, 0.6) is 5.75 Å². The number of rotatable bonds is 8. The molecule has 0 aliphatic rings. The Bertz CT molecular complexity index is 982. The number of hydrogen-bond acceptors (Lipinski definition) is 4. The second-order valence-electron chi connectivity index (χ2n) is 6.26. The van der Waals surface area contributed by atoms with Crippen molar-refractivity contribution in [2.45, 2.75) is 20.0 Å². The molecule has 0 aliphatic heterocycles. The molecule has 3 rings (SSSR count). The van der Waals surface area contributed by atoms with Gasteiger partial charge in [-0.15, -0.1) is 0 Å². The molecule has 1 aromatic heterocycles. The number of furan rings is 1. The lowest BCUT2D eigenvalue weighted by atomic mass is 10.1. The molecular weight excluding hydrogens is 375 g/mol. The summed E-state index contributed by atoms with van der Waals surface area (Å²) in [7, 11) is 0. The van der Waals surface area contributed by atoms with Crippen LogP contribution in [0.3, 0.4) is 0 Å². The molecule has 2 aromatic carbocycles. The maximum absolute atomic E-state index is 12.9. The van der Waals surface area contributed by atoms with Crippen LogP contribution < -0.4 is 15.4 Å². The minimum Gasteiger partial charge on any atom is -0.486 e. The van der Waals surface area contributed by atoms with Gasteiger partial charge in [0.25, 0.3) is 11.8 Å². The van der Waals surface area contributed by atoms with Gasteiger partial charge in [-0.25, -0.2) is 4.39 Å². The number of carbonyl (C=O) groups is 2. The summed E-state index contributed by atoms with van der Waals surface area (Å²) in [5.41, 5.74) is 0.771. The first-order chi connectivity index (χ1) is 14.1. The molecule has 2 N–H and O–H groups in total. The zero-order valence-electron chi connectivity index (χ0n) is 15.9. The van der Waals surface area contributed by atoms with E-state index < -0.39 is 5.91 Å². The molecule has 0 unspecified atom stereocenters. The second kappa shape index (κ2) is 9.54. The number of para-hydroxylation sites is 1. The fraction of sp³-hybridized carbons (Fsp3) is 0.182. The Balaban J connectivity index is 1.63. The molecule has 0 saturated heterocycles. The molecule has 29 heavy (non-hydrogen) atoms. The van der Waals surface area contributed by atoms with Gasteiger partial charge in [-0.3, -0.25) is 9.59 Å². The van der Waals surface area contributed by atoms with Gasteiger partial charge >= 0.3 is 0 Å². The molecule has 0 radical (unpaired) electrons. The molecule has 1 heterocycles. The van der Waals surface area contributed by atoms with E-state index in [1.54, 1.807) is 30.3 Å². The van der Waals surface area contributed by atoms with E-state index in [2.05, 4.69) is 10.6 Å². The summed E-state index contributed by atoms with van der Waals surface area (Å²) < 4.78 is 23.9. The molecule has 0 aliphatic carbocycles. The number of nitrogens with one attached hydrogen (secondary N) is 2. The molecule has 3 aromatic rings. The van der Waals surface area contributed by atoms with Gasteiger partial charge in [0.05, 0.1) is 11.3 Å². The van der Waals surface area contributed by atoms with E-state index in [-0.39, 0.29) is 24.1 Å². The summed E-state index contributed by atoms with van der Waals surface area (Å²) in [5, 5.41) is 5.49. The van der Waals surface area contributed by atoms with Crippen LogP contribution >= 0.6 is 0 Å². The van der Waals surface area contributed by atoms with Crippen molar-refractivity contribution in [3.8, 4) is 5.75 Å². The van der Waals surface area contributed by atoms with Gasteiger partial charge in [0, 0.05) is 6.54 Å². The summed E-state index contributed by atoms with van der Waals surface area (Å²) in [6, 6.07) is 15.5. The third-order valence-electron chi connectivity index (χ3n) is 4.04. The van der Waals surface area contributed by atoms with Crippen LogP contribution in [-0.2, 0) is 6.61 Å². The first kappa shape index (κ1) is 20.1. The summed E-state index contributed by atoms with van der Waals surface area (Å²) in [6.45, 7) is 2.61. The highest BCUT2D eigenvalue weighted by Gasteiger charge is 2.16. The number of halogens is 1. The quantitative estimate of drug-likeness (QED) is 0.592. The number of ether oxygens (including phenoxy) is 1. The largest absolute Gasteiger partial charge is 0.486 e. The van der Waals surface area contributed by atoms with Crippen LogP contribution in [0.2, 0.25) is 0 Å². The minimum atomic E-state index is -0.478. The van der Waals surface area contributed by atoms with Crippen LogP contribution in [0.25, 0.3) is 0 Å². The Labute approximate surface area is 167 Å². The standard InChI is InChI=1S/C22H21FN2O4/c1-2-13-24-21(26)18-5-3-4-6-19(18)25-22(27)20-12-11-17(29-20)14-28-16-9-7-15(23)8-10-16/h3-12H,2,13-14H2,1H3,(H,24,26)(H,25,27). The molecule has 150 valence electrons. The molecular formula is C22H21FN2O4. The fourth-order valence-corrected chi connectivity index (χ4v) is 2.57. The SMILES string of the molecule is CCCNC(=O)c1ccccc1NC(=O)c1ccc(COc2ccc(F)cc2)o1. The lowest BCUT2D eigenvalue weighted by molar-refractivity contribution is 0.0954. The maximum atomic E-state index is 12.9. The summed E-state index contributed by atoms with van der Waals surface area (Å²) in [5.74, 6) is -0.0666. The highest BCUT2D eigenvalue weighted by molar-refractivity contribution is 6.07. The van der Waals surface area contributed by atoms with E-state index in [0.29, 0.717) is 29.3 Å². The van der Waals surface area contributed by atoms with Gasteiger partial charge in [-0.05, 0) is 55.0 Å². The fourth-order valence-electron chi connectivity index (χ4n) is 2.57. The summed E-state index contributed by atoms with van der Waals surface area (Å²) in [4.78, 5) is 24.8. The van der Waals surface area contributed by atoms with Crippen molar-refractivity contribution in [3.05, 3.63) is 83.6 Å². The van der Waals surface area contributed by atoms with Gasteiger partial charge in [0.15, 0.2) is 5.76 Å². The highest BCUT2D eigenvalue weighted by atomic mass is 19.1. The normalized spacial score (nSPS) is 10.4. The number of anilines is 1. The molecule has 6 nitrogen and oxygen atoms in total. The third-order valence-corrected chi connectivity index (χ3v) is 4.04. The lowest BCUT2D eigenvalue weighted by Crippen LogP contribution is -2.25. The Morgan fingerprint density at radius 3 is 2.52 bits per heavy atom. The Kier molecular flexibility index (Phi) is 6.63. The van der Waals surface area contributed by atoms with Gasteiger partial charge in [-0.2, -0.15) is 0 Å². The monoisotopic (exact) mass is 396 g/mol. The van der Waals surface area contributed by atoms with Crippen molar-refractivity contribution in [2.75, 3.05) is 11.9 Å². The second-order valence-corrected chi connectivity index (χ2v) is 6.26. The smallest absolute Gasteiger partial charge is 0.291 e. The first-order valence-corrected chi connectivity index (χ1v) is 9.22. The van der Waals surface area contributed by atoms with Crippen molar-refractivity contribution in [3.63, 3.8) is 0 Å². The topological polar surface area (TPSA) is 80.6 Å². The minimum absolute atomic E-state index is 0.0893. The van der Waals surface area contributed by atoms with Crippen molar-refractivity contribution in [1.29, 1.82) is 0 Å². The number of carbonyl (C=O) groups excluding carboxylic acids is 2. The van der Waals surface area contributed by atoms with Crippen molar-refractivity contribution in [1.82, 2.24) is 5.32 Å². The van der Waals surface area contributed by atoms with Gasteiger partial charge in [0.1, 0.15) is 23.9 Å². The van der Waals surface area contributed by atoms with E-state index in [4.69, 9.17) is 9.15 Å². The van der Waals surface area contributed by atoms with Gasteiger partial charge < -0.3 is 19.8 Å². The summed E-state index contributed by atoms with van der Waals surface area (Å²) in [6.07, 6.45) is 0.815. The van der Waals surface area contributed by atoms with E-state index in [9.17, 15) is 14.0 Å². The Morgan fingerprint density at radius 2 is 1.76 bits per heavy atom. The van der Waals surface area contributed by atoms with Crippen LogP contribution in [0.1, 0.15) is 40.0 Å². The molecule has 0 spiro atoms. The lowest BCUT2D eigenvalue weighted by Gasteiger charge is -2.10. The number of hydrogen-bond donors (Lipinski definition) is 2. The van der Waals surface area contributed by atoms with Gasteiger partial charge in [-0.1, -0.05) is 19.1 Å². The van der Waals surface area contributed by atoms with Crippen LogP contribution in [-0.4, -0.2) is 18.4 Å². The average molecular weight is 396 g/mol. The predicted octanol–water partition coefficient (Wildman–Crippen LogP) is 4.39. The third kappa shape index (κ3) is 5.44. The van der Waals surface area contributed by atoms with Crippen LogP contribution in [0.4, 0.5) is 10.1 Å². The zero-order valence-corrected chi connectivity index (χ0v) is 15.9. The number of benzene rings is 2. The molecule has 0 atom stereocenters. The van der Waals surface area contributed by atoms with Crippen molar-refractivity contribution < 1.29 is 23.1 Å². The Morgan fingerprint density at radius 1 is 1.00 bits per heavy atom. The molecule has 0 saturated carbocycles. The molecule has 7 heteroatoms. The molecule has 2 amide bonds. The van der Waals surface area contributed by atoms with E-state index >= 15 is 0 Å². The average Bonchev–Trinajstić information content (AvgIpc) is 3.21. The van der Waals surface area contributed by atoms with Crippen LogP contribution in [0, 0.1) is 5.82 Å². The van der Waals surface area contributed by atoms with E-state index in [0.717, 1.165) is 6.42 Å². The Hall–Kier alpha value is -3.61. The number of amides is 2. The summed E-state index contributed by atoms with van der Waals surface area (Å²) >= 11 is 0. The van der Waals surface area contributed by atoms with E-state index in [1.165, 1.54) is 30.3 Å². The predicted molar refractivity (Wildman–Crippen MR) is 106 cm³/mol. The van der Waals surface area contributed by atoms with Crippen molar-refractivity contribution >= 4 is 17.5 Å². The first-order valence-electron chi connectivity index (χ1n) is 9.22. The molecule has 0 fully saturated rings. The molecule has 0 bridgehead atoms. The zero-order chi connectivity index (χ0) is 20.6. The maximum Gasteiger partial charge on any atom is 0.291 e. The van der Waals surface area contributed by atoms with Crippen LogP contribution in [0.15, 0.2) is 65.1 Å². The van der Waals surface area contributed by atoms with Gasteiger partial charge in [0.2, 0.25) is 0 Å². The highest BCUT2D eigenvalue weighted by Crippen LogP contribution is 2.18. The van der Waals surface area contributed by atoms with Crippen molar-refractivity contribution in [2.24, 2.45) is 0 Å².